The maximum atomic E-state index is 12.6. The van der Waals surface area contributed by atoms with Crippen LogP contribution in [0.15, 0.2) is 24.3 Å². The molecule has 2 atom stereocenters. The first-order chi connectivity index (χ1) is 10.2. The van der Waals surface area contributed by atoms with Gasteiger partial charge in [-0.3, -0.25) is 10.1 Å². The summed E-state index contributed by atoms with van der Waals surface area (Å²) in [6.45, 7) is 3.37. The second kappa shape index (κ2) is 6.03. The minimum atomic E-state index is -0.164. The molecule has 0 radical (unpaired) electrons. The minimum absolute atomic E-state index is 0.119. The summed E-state index contributed by atoms with van der Waals surface area (Å²) in [7, 11) is 1.66. The Hall–Kier alpha value is -1.59. The van der Waals surface area contributed by atoms with E-state index in [4.69, 9.17) is 9.47 Å². The average Bonchev–Trinajstić information content (AvgIpc) is 2.83. The standard InChI is InChI=1S/C16H22N2O3/c1-11-16(19)18(12-7-9-21-10-8-12)15(17-11)13-5-3-4-6-14(13)20-2/h3-6,11-12,15,17H,7-10H2,1-2H3. The Balaban J connectivity index is 1.93. The molecule has 2 aliphatic heterocycles. The van der Waals surface area contributed by atoms with Crippen molar-refractivity contribution in [3.63, 3.8) is 0 Å². The van der Waals surface area contributed by atoms with Crippen LogP contribution in [0.2, 0.25) is 0 Å². The summed E-state index contributed by atoms with van der Waals surface area (Å²) in [5, 5.41) is 3.40. The van der Waals surface area contributed by atoms with Crippen LogP contribution in [0.3, 0.4) is 0 Å². The van der Waals surface area contributed by atoms with Crippen LogP contribution in [0.4, 0.5) is 0 Å². The van der Waals surface area contributed by atoms with Gasteiger partial charge in [0.2, 0.25) is 5.91 Å². The fraction of sp³-hybridized carbons (Fsp3) is 0.562. The second-order valence-corrected chi connectivity index (χ2v) is 5.62. The van der Waals surface area contributed by atoms with Gasteiger partial charge in [-0.2, -0.15) is 0 Å². The smallest absolute Gasteiger partial charge is 0.241 e. The van der Waals surface area contributed by atoms with Crippen LogP contribution in [-0.4, -0.2) is 43.2 Å². The van der Waals surface area contributed by atoms with E-state index < -0.39 is 0 Å². The quantitative estimate of drug-likeness (QED) is 0.920. The molecule has 1 N–H and O–H groups in total. The molecule has 5 nitrogen and oxygen atoms in total. The number of methoxy groups -OCH3 is 1. The summed E-state index contributed by atoms with van der Waals surface area (Å²) in [5.41, 5.74) is 1.02. The Morgan fingerprint density at radius 3 is 2.71 bits per heavy atom. The van der Waals surface area contributed by atoms with E-state index in [0.29, 0.717) is 0 Å². The lowest BCUT2D eigenvalue weighted by molar-refractivity contribution is -0.134. The fourth-order valence-corrected chi connectivity index (χ4v) is 3.23. The number of carbonyl (C=O) groups excluding carboxylic acids is 1. The normalized spacial score (nSPS) is 27.1. The van der Waals surface area contributed by atoms with E-state index in [2.05, 4.69) is 5.32 Å². The van der Waals surface area contributed by atoms with Crippen molar-refractivity contribution in [2.24, 2.45) is 0 Å². The Bertz CT molecular complexity index is 514. The number of rotatable bonds is 3. The summed E-state index contributed by atoms with van der Waals surface area (Å²) < 4.78 is 10.9. The highest BCUT2D eigenvalue weighted by atomic mass is 16.5. The van der Waals surface area contributed by atoms with Crippen molar-refractivity contribution >= 4 is 5.91 Å². The summed E-state index contributed by atoms with van der Waals surface area (Å²) >= 11 is 0. The van der Waals surface area contributed by atoms with Crippen molar-refractivity contribution in [3.05, 3.63) is 29.8 Å². The molecule has 5 heteroatoms. The van der Waals surface area contributed by atoms with E-state index in [1.807, 2.05) is 36.1 Å². The zero-order valence-corrected chi connectivity index (χ0v) is 12.5. The Labute approximate surface area is 125 Å². The highest BCUT2D eigenvalue weighted by molar-refractivity contribution is 5.84. The number of carbonyl (C=O) groups is 1. The number of amides is 1. The van der Waals surface area contributed by atoms with Gasteiger partial charge in [0.15, 0.2) is 0 Å². The van der Waals surface area contributed by atoms with Crippen LogP contribution in [0.5, 0.6) is 5.75 Å². The van der Waals surface area contributed by atoms with E-state index in [0.717, 1.165) is 37.4 Å². The van der Waals surface area contributed by atoms with Gasteiger partial charge in [-0.1, -0.05) is 18.2 Å². The summed E-state index contributed by atoms with van der Waals surface area (Å²) in [5.74, 6) is 0.978. The number of hydrogen-bond donors (Lipinski definition) is 1. The summed E-state index contributed by atoms with van der Waals surface area (Å²) in [4.78, 5) is 14.6. The lowest BCUT2D eigenvalue weighted by Crippen LogP contribution is -2.43. The second-order valence-electron chi connectivity index (χ2n) is 5.62. The monoisotopic (exact) mass is 290 g/mol. The Kier molecular flexibility index (Phi) is 4.12. The minimum Gasteiger partial charge on any atom is -0.496 e. The Morgan fingerprint density at radius 1 is 1.29 bits per heavy atom. The molecule has 2 fully saturated rings. The van der Waals surface area contributed by atoms with Gasteiger partial charge >= 0.3 is 0 Å². The van der Waals surface area contributed by atoms with Crippen LogP contribution in [-0.2, 0) is 9.53 Å². The van der Waals surface area contributed by atoms with Crippen molar-refractivity contribution in [2.45, 2.75) is 38.0 Å². The number of hydrogen-bond acceptors (Lipinski definition) is 4. The first-order valence-corrected chi connectivity index (χ1v) is 7.51. The molecule has 2 saturated heterocycles. The van der Waals surface area contributed by atoms with Gasteiger partial charge < -0.3 is 14.4 Å². The van der Waals surface area contributed by atoms with Crippen LogP contribution in [0, 0.1) is 0 Å². The van der Waals surface area contributed by atoms with Crippen LogP contribution in [0.25, 0.3) is 0 Å². The average molecular weight is 290 g/mol. The van der Waals surface area contributed by atoms with E-state index in [1.54, 1.807) is 7.11 Å². The van der Waals surface area contributed by atoms with Gasteiger partial charge in [0.25, 0.3) is 0 Å². The van der Waals surface area contributed by atoms with Crippen molar-refractivity contribution in [3.8, 4) is 5.75 Å². The maximum absolute atomic E-state index is 12.6. The largest absolute Gasteiger partial charge is 0.496 e. The predicted molar refractivity (Wildman–Crippen MR) is 79.0 cm³/mol. The number of nitrogens with one attached hydrogen (secondary N) is 1. The molecular formula is C16H22N2O3. The van der Waals surface area contributed by atoms with E-state index in [9.17, 15) is 4.79 Å². The van der Waals surface area contributed by atoms with Gasteiger partial charge in [-0.15, -0.1) is 0 Å². The molecular weight excluding hydrogens is 268 g/mol. The third-order valence-electron chi connectivity index (χ3n) is 4.33. The molecule has 3 rings (SSSR count). The van der Waals surface area contributed by atoms with Crippen LogP contribution < -0.4 is 10.1 Å². The third-order valence-corrected chi connectivity index (χ3v) is 4.33. The molecule has 0 saturated carbocycles. The van der Waals surface area contributed by atoms with Gasteiger partial charge in [-0.25, -0.2) is 0 Å². The lowest BCUT2D eigenvalue weighted by atomic mass is 10.0. The van der Waals surface area contributed by atoms with Crippen molar-refractivity contribution in [2.75, 3.05) is 20.3 Å². The van der Waals surface area contributed by atoms with Crippen molar-refractivity contribution in [1.29, 1.82) is 0 Å². The maximum Gasteiger partial charge on any atom is 0.241 e. The number of ether oxygens (including phenoxy) is 2. The lowest BCUT2D eigenvalue weighted by Gasteiger charge is -2.35. The summed E-state index contributed by atoms with van der Waals surface area (Å²) in [6, 6.07) is 7.96. The molecule has 0 aliphatic carbocycles. The predicted octanol–water partition coefficient (Wildman–Crippen LogP) is 1.69. The van der Waals surface area contributed by atoms with Crippen molar-refractivity contribution < 1.29 is 14.3 Å². The highest BCUT2D eigenvalue weighted by Crippen LogP contribution is 2.35. The molecule has 2 aliphatic rings. The van der Waals surface area contributed by atoms with Gasteiger partial charge in [0.1, 0.15) is 11.9 Å². The van der Waals surface area contributed by atoms with Crippen LogP contribution in [0.1, 0.15) is 31.5 Å². The topological polar surface area (TPSA) is 50.8 Å². The molecule has 1 aromatic carbocycles. The Morgan fingerprint density at radius 2 is 2.00 bits per heavy atom. The third kappa shape index (κ3) is 2.63. The fourth-order valence-electron chi connectivity index (χ4n) is 3.23. The molecule has 0 aromatic heterocycles. The first-order valence-electron chi connectivity index (χ1n) is 7.51. The molecule has 114 valence electrons. The SMILES string of the molecule is COc1ccccc1C1NC(C)C(=O)N1C1CCOCC1. The number of para-hydroxylation sites is 1. The van der Waals surface area contributed by atoms with Gasteiger partial charge in [0, 0.05) is 24.8 Å². The van der Waals surface area contributed by atoms with Gasteiger partial charge in [0.05, 0.1) is 13.2 Å². The number of benzene rings is 1. The molecule has 0 spiro atoms. The number of nitrogens with zero attached hydrogens (tertiary/aromatic N) is 1. The first kappa shape index (κ1) is 14.4. The van der Waals surface area contributed by atoms with Gasteiger partial charge in [-0.05, 0) is 25.8 Å². The van der Waals surface area contributed by atoms with Crippen molar-refractivity contribution in [1.82, 2.24) is 10.2 Å². The van der Waals surface area contributed by atoms with E-state index in [-0.39, 0.29) is 24.2 Å². The molecule has 1 aromatic rings. The summed E-state index contributed by atoms with van der Waals surface area (Å²) in [6.07, 6.45) is 1.67. The van der Waals surface area contributed by atoms with E-state index >= 15 is 0 Å². The van der Waals surface area contributed by atoms with Crippen LogP contribution >= 0.6 is 0 Å². The zero-order valence-electron chi connectivity index (χ0n) is 12.5. The molecule has 2 heterocycles. The molecule has 21 heavy (non-hydrogen) atoms. The molecule has 0 bridgehead atoms. The van der Waals surface area contributed by atoms with E-state index in [1.165, 1.54) is 0 Å². The molecule has 2 unspecified atom stereocenters. The zero-order chi connectivity index (χ0) is 14.8. The molecule has 1 amide bonds. The highest BCUT2D eigenvalue weighted by Gasteiger charge is 2.42.